The van der Waals surface area contributed by atoms with E-state index in [0.717, 1.165) is 82.1 Å². The second-order valence-corrected chi connectivity index (χ2v) is 25.8. The Morgan fingerprint density at radius 3 is 0.621 bits per heavy atom. The van der Waals surface area contributed by atoms with Gasteiger partial charge in [0, 0.05) is 342 Å². The Morgan fingerprint density at radius 2 is 0.450 bits per heavy atom. The van der Waals surface area contributed by atoms with Gasteiger partial charge in [-0.3, -0.25) is 19.9 Å². The molecule has 0 aliphatic heterocycles. The summed E-state index contributed by atoms with van der Waals surface area (Å²) in [6, 6.07) is 20.4. The maximum Gasteiger partial charge on any atom is 0.419 e. The molecule has 140 heavy (non-hydrogen) atoms. The van der Waals surface area contributed by atoms with Crippen molar-refractivity contribution >= 4 is 162 Å². The fraction of sp³-hybridized carbons (Fsp3) is 0.143. The molecule has 11 radical (unpaired) electrons. The van der Waals surface area contributed by atoms with Gasteiger partial charge in [-0.2, -0.15) is 119 Å². The Bertz CT molecular complexity index is 4500. The van der Waals surface area contributed by atoms with Crippen LogP contribution in [0.3, 0.4) is 0 Å². The SMILES string of the molecule is Cc1cc(Cl)ccn1.Cc1cc(Cl)ccn1.FC(F)(F)c1cc(Cl)nc(Cl)c1.FC(F)(F)c1ccc(Cl)nc1.FC(F)(F)c1ccc(Cl)nc1.FC(F)(F)c1cccnc1Cl.FC(F)(F)c1cccnc1Cl.FC(F)(F)c1cnc(Cl)c(Cl)c1.FC(F)(F)c1cnc(Cl)c(Cl)c1.FC(F)(F)c1cnccc1Cl.FC(F)(F)c1cnccc1Cl.[CH3-].[CH3-].[CH3-].[CH3-].[CH3-].[CH3-].[CH3-].[CH3-].[CH3-].[CH3-].[CH3-].[Ta].[Ta].[Ta].[Ta].[Ta].[Ta].[Ta].[Ta].[Ta].[Ta].[Ta]. The van der Waals surface area contributed by atoms with Gasteiger partial charge in [-0.25, -0.2) is 34.9 Å². The summed E-state index contributed by atoms with van der Waals surface area (Å²) in [5.74, 6) is 0. The van der Waals surface area contributed by atoms with Gasteiger partial charge in [0.2, 0.25) is 0 Å². The number of halogens is 41. The second kappa shape index (κ2) is 92.5. The van der Waals surface area contributed by atoms with Gasteiger partial charge in [-0.05, 0) is 123 Å². The number of alkyl halides is 27. The first kappa shape index (κ1) is 195. The second-order valence-electron chi connectivity index (χ2n) is 20.3. The van der Waals surface area contributed by atoms with E-state index in [9.17, 15) is 119 Å². The van der Waals surface area contributed by atoms with E-state index < -0.39 is 116 Å². The molecule has 0 atom stereocenters. The van der Waals surface area contributed by atoms with Crippen LogP contribution in [0.15, 0.2) is 184 Å². The van der Waals surface area contributed by atoms with Crippen molar-refractivity contribution in [2.24, 2.45) is 0 Å². The summed E-state index contributed by atoms with van der Waals surface area (Å²) in [5, 5.41) is -1.29. The fourth-order valence-electron chi connectivity index (χ4n) is 6.26. The normalized spacial score (nSPS) is 9.56. The van der Waals surface area contributed by atoms with Crippen LogP contribution in [0.4, 0.5) is 119 Å². The van der Waals surface area contributed by atoms with Gasteiger partial charge in [0.1, 0.15) is 41.2 Å². The molecular formula is C77H69Cl14F27N11Ta11-11. The van der Waals surface area contributed by atoms with Gasteiger partial charge in [0.15, 0.2) is 0 Å². The number of rotatable bonds is 0. The van der Waals surface area contributed by atoms with E-state index in [1.807, 2.05) is 26.0 Å². The van der Waals surface area contributed by atoms with E-state index in [-0.39, 0.29) is 379 Å². The van der Waals surface area contributed by atoms with Gasteiger partial charge >= 0.3 is 55.6 Å². The quantitative estimate of drug-likeness (QED) is 0.0813. The maximum absolute atomic E-state index is 12.0. The van der Waals surface area contributed by atoms with Crippen LogP contribution in [-0.2, 0) is 302 Å². The predicted octanol–water partition coefficient (Wildman–Crippen LogP) is 35.8. The zero-order valence-electron chi connectivity index (χ0n) is 72.7. The Balaban J connectivity index is -0.0000000539. The largest absolute Gasteiger partial charge is 0.419 e. The summed E-state index contributed by atoms with van der Waals surface area (Å²) in [6.45, 7) is 3.82. The minimum absolute atomic E-state index is 0. The van der Waals surface area contributed by atoms with Gasteiger partial charge in [-0.15, -0.1) is 0 Å². The standard InChI is InChI=1S/3C6H2Cl2F3N.6C6H3ClF3N.2C6H6ClN.11CH3.11Ta/c2*7-4-1-3(6(9,10)11)2-12-5(4)8;7-4-1-3(6(9,10)11)2-5(8)12-4;2*7-5-1-2-11-3-4(5)6(8,9)10;2*7-5-2-1-4(3-11-5)6(8,9)10;2*7-5-4(6(8,9)10)2-1-3-11-5;2*1-5-4-6(7)2-3-8-5;;;;;;;;;;;;;;;;;;;;;;/h3*1-2H;6*1-3H;2*2-4H,1H3;11*1H3;;;;;;;;;;;/q;;;;;;;;;;;11*-1;;;;;;;;;;;. The summed E-state index contributed by atoms with van der Waals surface area (Å²) in [5.41, 5.74) is -5.98. The van der Waals surface area contributed by atoms with Crippen molar-refractivity contribution in [3.8, 4) is 0 Å². The minimum Gasteiger partial charge on any atom is -0.358 e. The first-order valence-electron chi connectivity index (χ1n) is 29.2. The molecule has 0 saturated carbocycles. The molecule has 0 saturated heterocycles. The molecule has 0 spiro atoms. The molecule has 0 bridgehead atoms. The van der Waals surface area contributed by atoms with E-state index in [0.29, 0.717) is 49.3 Å². The van der Waals surface area contributed by atoms with Crippen molar-refractivity contribution in [3.05, 3.63) is 398 Å². The molecule has 0 fully saturated rings. The number of nitrogens with zero attached hydrogens (tertiary/aromatic N) is 11. The molecule has 63 heteroatoms. The summed E-state index contributed by atoms with van der Waals surface area (Å²) in [7, 11) is 0. The van der Waals surface area contributed by atoms with E-state index in [4.69, 9.17) is 162 Å². The van der Waals surface area contributed by atoms with Crippen molar-refractivity contribution in [2.75, 3.05) is 0 Å². The van der Waals surface area contributed by atoms with E-state index >= 15 is 0 Å². The average Bonchev–Trinajstić information content (AvgIpc) is 0.869. The van der Waals surface area contributed by atoms with Crippen LogP contribution in [0.5, 0.6) is 0 Å². The molecule has 0 unspecified atom stereocenters. The molecule has 785 valence electrons. The van der Waals surface area contributed by atoms with Gasteiger partial charge in [0.25, 0.3) is 0 Å². The van der Waals surface area contributed by atoms with Crippen LogP contribution < -0.4 is 0 Å². The number of aromatic nitrogens is 11. The van der Waals surface area contributed by atoms with Crippen molar-refractivity contribution in [1.29, 1.82) is 0 Å². The third-order valence-electron chi connectivity index (χ3n) is 11.4. The molecule has 11 rings (SSSR count). The van der Waals surface area contributed by atoms with Crippen molar-refractivity contribution in [1.82, 2.24) is 54.8 Å². The smallest absolute Gasteiger partial charge is 0.358 e. The molecule has 0 aliphatic carbocycles. The van der Waals surface area contributed by atoms with Crippen molar-refractivity contribution in [3.63, 3.8) is 0 Å². The number of hydrogen-bond donors (Lipinski definition) is 0. The number of aryl methyl sites for hydroxylation is 2. The summed E-state index contributed by atoms with van der Waals surface area (Å²) < 4.78 is 322. The van der Waals surface area contributed by atoms with Crippen molar-refractivity contribution in [2.45, 2.75) is 69.4 Å². The molecule has 11 aromatic heterocycles. The third kappa shape index (κ3) is 84.5. The zero-order valence-corrected chi connectivity index (χ0v) is 119. The zero-order chi connectivity index (χ0) is 90.9. The monoisotopic (exact) mass is 4140 g/mol. The van der Waals surface area contributed by atoms with Crippen LogP contribution in [-0.4, -0.2) is 54.8 Å². The Hall–Kier alpha value is 0.963. The first-order chi connectivity index (χ1) is 53.8. The summed E-state index contributed by atoms with van der Waals surface area (Å²) in [6.07, 6.45) is -27.3. The summed E-state index contributed by atoms with van der Waals surface area (Å²) >= 11 is 74.4. The number of hydrogen-bond acceptors (Lipinski definition) is 11. The van der Waals surface area contributed by atoms with Gasteiger partial charge < -0.3 is 81.7 Å². The molecule has 0 amide bonds. The van der Waals surface area contributed by atoms with E-state index in [1.54, 1.807) is 24.5 Å². The van der Waals surface area contributed by atoms with Crippen LogP contribution >= 0.6 is 162 Å². The Labute approximate surface area is 1040 Å². The van der Waals surface area contributed by atoms with Gasteiger partial charge in [0.05, 0.1) is 70.2 Å². The Kier molecular flexibility index (Phi) is 129. The molecular weight excluding hydrogens is 4080 g/mol. The maximum atomic E-state index is 12.0. The van der Waals surface area contributed by atoms with Crippen LogP contribution in [0, 0.1) is 95.5 Å². The molecule has 11 nitrogen and oxygen atoms in total. The topological polar surface area (TPSA) is 142 Å². The van der Waals surface area contributed by atoms with E-state index in [1.165, 1.54) is 36.9 Å². The Morgan fingerprint density at radius 1 is 0.200 bits per heavy atom. The molecule has 0 aliphatic rings. The van der Waals surface area contributed by atoms with Crippen molar-refractivity contribution < 1.29 is 365 Å². The van der Waals surface area contributed by atoms with Crippen LogP contribution in [0.2, 0.25) is 71.4 Å². The molecule has 11 heterocycles. The third-order valence-corrected chi connectivity index (χ3v) is 15.4. The van der Waals surface area contributed by atoms with Gasteiger partial charge in [-0.1, -0.05) is 162 Å². The van der Waals surface area contributed by atoms with E-state index in [2.05, 4.69) is 54.8 Å². The first-order valence-corrected chi connectivity index (χ1v) is 34.5. The molecule has 0 aromatic carbocycles. The van der Waals surface area contributed by atoms with Crippen LogP contribution in [0.1, 0.15) is 61.5 Å². The average molecular weight is 4150 g/mol. The predicted molar refractivity (Wildman–Crippen MR) is 462 cm³/mol. The minimum atomic E-state index is -4.43. The molecule has 0 N–H and O–H groups in total. The fourth-order valence-corrected chi connectivity index (χ4v) is 8.79. The molecule has 11 aromatic rings. The van der Waals surface area contributed by atoms with Crippen LogP contribution in [0.25, 0.3) is 0 Å². The summed E-state index contributed by atoms with van der Waals surface area (Å²) in [4.78, 5) is 37.6. The number of pyridine rings is 11.